The molecule has 0 aromatic heterocycles. The van der Waals surface area contributed by atoms with Crippen LogP contribution in [-0.4, -0.2) is 87.3 Å². The molecule has 8 N–H and O–H groups in total. The highest BCUT2D eigenvalue weighted by Gasteiger charge is 2.34. The Labute approximate surface area is 191 Å². The van der Waals surface area contributed by atoms with Crippen molar-refractivity contribution in [1.82, 2.24) is 16.0 Å². The number of hydrogen-bond donors (Lipinski definition) is 7. The van der Waals surface area contributed by atoms with Gasteiger partial charge in [-0.25, -0.2) is 4.79 Å². The summed E-state index contributed by atoms with van der Waals surface area (Å²) in [6.07, 6.45) is 0.407. The lowest BCUT2D eigenvalue weighted by Gasteiger charge is -2.27. The fraction of sp³-hybridized carbons (Fsp3) is 0.737. The Morgan fingerprint density at radius 1 is 0.938 bits per heavy atom. The molecule has 0 radical (unpaired) electrons. The summed E-state index contributed by atoms with van der Waals surface area (Å²) in [4.78, 5) is 59.8. The molecule has 0 aliphatic rings. The molecule has 184 valence electrons. The van der Waals surface area contributed by atoms with Crippen LogP contribution < -0.4 is 21.7 Å². The fourth-order valence-corrected chi connectivity index (χ4v) is 3.12. The number of aliphatic hydroxyl groups excluding tert-OH is 1. The van der Waals surface area contributed by atoms with Crippen LogP contribution in [0.5, 0.6) is 0 Å². The zero-order valence-corrected chi connectivity index (χ0v) is 19.5. The van der Waals surface area contributed by atoms with Gasteiger partial charge in [-0.05, 0) is 31.3 Å². The van der Waals surface area contributed by atoms with Crippen LogP contribution in [0.1, 0.15) is 40.0 Å². The minimum absolute atomic E-state index is 0.150. The molecule has 0 saturated heterocycles. The topological polar surface area (TPSA) is 208 Å². The fourth-order valence-electron chi connectivity index (χ4n) is 2.65. The van der Waals surface area contributed by atoms with Crippen molar-refractivity contribution in [2.24, 2.45) is 11.7 Å². The third-order valence-electron chi connectivity index (χ3n) is 4.81. The third-order valence-corrected chi connectivity index (χ3v) is 5.46. The Hall–Kier alpha value is -2.38. The number of thioether (sulfide) groups is 1. The van der Waals surface area contributed by atoms with E-state index < -0.39 is 72.3 Å². The number of nitrogens with two attached hydrogens (primary N) is 1. The average molecular weight is 479 g/mol. The molecule has 0 rings (SSSR count). The highest BCUT2D eigenvalue weighted by Crippen LogP contribution is 2.09. The maximum absolute atomic E-state index is 12.8. The molecule has 0 saturated carbocycles. The number of rotatable bonds is 15. The van der Waals surface area contributed by atoms with E-state index in [0.29, 0.717) is 12.2 Å². The van der Waals surface area contributed by atoms with E-state index in [1.165, 1.54) is 18.7 Å². The van der Waals surface area contributed by atoms with Crippen molar-refractivity contribution in [3.8, 4) is 0 Å². The SMILES string of the molecule is CCC(C)C(NC(=O)C(NC(=O)C(CCSC)NC(=O)C(N)CC(=O)O)C(C)O)C(=O)O. The van der Waals surface area contributed by atoms with Gasteiger partial charge in [-0.1, -0.05) is 20.3 Å². The standard InChI is InChI=1S/C19H34N4O8S/c1-5-9(2)14(19(30)31)22-18(29)15(10(3)24)23-17(28)12(6-7-32-4)21-16(27)11(20)8-13(25)26/h9-12,14-15,24H,5-8,20H2,1-4H3,(H,21,27)(H,22,29)(H,23,28)(H,25,26)(H,30,31). The van der Waals surface area contributed by atoms with E-state index in [1.807, 2.05) is 0 Å². The molecule has 0 aromatic rings. The lowest BCUT2D eigenvalue weighted by Crippen LogP contribution is -2.60. The number of carbonyl (C=O) groups excluding carboxylic acids is 3. The molecule has 0 aliphatic carbocycles. The van der Waals surface area contributed by atoms with Gasteiger partial charge in [0.15, 0.2) is 0 Å². The molecule has 32 heavy (non-hydrogen) atoms. The number of carboxylic acids is 2. The summed E-state index contributed by atoms with van der Waals surface area (Å²) in [5.41, 5.74) is 5.53. The van der Waals surface area contributed by atoms with Crippen molar-refractivity contribution in [3.63, 3.8) is 0 Å². The Kier molecular flexibility index (Phi) is 13.5. The summed E-state index contributed by atoms with van der Waals surface area (Å²) in [5.74, 6) is -5.02. The van der Waals surface area contributed by atoms with Crippen LogP contribution in [0.15, 0.2) is 0 Å². The van der Waals surface area contributed by atoms with Crippen molar-refractivity contribution in [2.45, 2.75) is 70.3 Å². The molecule has 0 spiro atoms. The van der Waals surface area contributed by atoms with Crippen LogP contribution in [-0.2, 0) is 24.0 Å². The number of carboxylic acid groups (broad SMARTS) is 2. The molecule has 12 nitrogen and oxygen atoms in total. The maximum Gasteiger partial charge on any atom is 0.326 e. The van der Waals surface area contributed by atoms with Gasteiger partial charge >= 0.3 is 11.9 Å². The molecule has 13 heteroatoms. The van der Waals surface area contributed by atoms with Crippen LogP contribution in [0.25, 0.3) is 0 Å². The molecule has 0 bridgehead atoms. The largest absolute Gasteiger partial charge is 0.481 e. The van der Waals surface area contributed by atoms with Crippen LogP contribution in [0.3, 0.4) is 0 Å². The summed E-state index contributed by atoms with van der Waals surface area (Å²) in [5, 5.41) is 35.2. The van der Waals surface area contributed by atoms with Gasteiger partial charge in [0, 0.05) is 0 Å². The Balaban J connectivity index is 5.43. The first-order valence-corrected chi connectivity index (χ1v) is 11.5. The Morgan fingerprint density at radius 3 is 1.94 bits per heavy atom. The highest BCUT2D eigenvalue weighted by atomic mass is 32.2. The number of aliphatic hydroxyl groups is 1. The van der Waals surface area contributed by atoms with E-state index in [1.54, 1.807) is 20.1 Å². The quantitative estimate of drug-likeness (QED) is 0.145. The summed E-state index contributed by atoms with van der Waals surface area (Å²) in [7, 11) is 0. The molecule has 0 heterocycles. The first-order valence-electron chi connectivity index (χ1n) is 10.1. The molecule has 6 atom stereocenters. The number of aliphatic carboxylic acids is 2. The summed E-state index contributed by atoms with van der Waals surface area (Å²) in [6.45, 7) is 4.65. The Bertz CT molecular complexity index is 676. The second kappa shape index (κ2) is 14.6. The smallest absolute Gasteiger partial charge is 0.326 e. The second-order valence-electron chi connectivity index (χ2n) is 7.48. The van der Waals surface area contributed by atoms with Gasteiger partial charge in [0.25, 0.3) is 0 Å². The predicted molar refractivity (Wildman–Crippen MR) is 118 cm³/mol. The first-order chi connectivity index (χ1) is 14.8. The highest BCUT2D eigenvalue weighted by molar-refractivity contribution is 7.98. The molecule has 6 unspecified atom stereocenters. The molecule has 0 aliphatic heterocycles. The van der Waals surface area contributed by atoms with Crippen LogP contribution in [0, 0.1) is 5.92 Å². The summed E-state index contributed by atoms with van der Waals surface area (Å²) in [6, 6.07) is -5.21. The zero-order chi connectivity index (χ0) is 25.0. The maximum atomic E-state index is 12.8. The molecule has 0 fully saturated rings. The van der Waals surface area contributed by atoms with E-state index in [2.05, 4.69) is 16.0 Å². The monoisotopic (exact) mass is 478 g/mol. The number of nitrogens with one attached hydrogen (secondary N) is 3. The minimum Gasteiger partial charge on any atom is -0.481 e. The normalized spacial score (nSPS) is 16.6. The van der Waals surface area contributed by atoms with Gasteiger partial charge in [-0.15, -0.1) is 0 Å². The predicted octanol–water partition coefficient (Wildman–Crippen LogP) is -1.49. The van der Waals surface area contributed by atoms with E-state index >= 15 is 0 Å². The van der Waals surface area contributed by atoms with Crippen molar-refractivity contribution < 1.29 is 39.3 Å². The van der Waals surface area contributed by atoms with Crippen LogP contribution in [0.2, 0.25) is 0 Å². The molecular weight excluding hydrogens is 444 g/mol. The summed E-state index contributed by atoms with van der Waals surface area (Å²) >= 11 is 1.39. The van der Waals surface area contributed by atoms with Crippen molar-refractivity contribution in [1.29, 1.82) is 0 Å². The van der Waals surface area contributed by atoms with E-state index in [0.717, 1.165) is 0 Å². The van der Waals surface area contributed by atoms with Gasteiger partial charge in [-0.2, -0.15) is 11.8 Å². The van der Waals surface area contributed by atoms with Gasteiger partial charge in [0.05, 0.1) is 18.6 Å². The summed E-state index contributed by atoms with van der Waals surface area (Å²) < 4.78 is 0. The van der Waals surface area contributed by atoms with Gasteiger partial charge in [0.2, 0.25) is 17.7 Å². The minimum atomic E-state index is -1.48. The number of amides is 3. The van der Waals surface area contributed by atoms with Gasteiger partial charge < -0.3 is 37.0 Å². The van der Waals surface area contributed by atoms with Gasteiger partial charge in [0.1, 0.15) is 18.1 Å². The molecular formula is C19H34N4O8S. The zero-order valence-electron chi connectivity index (χ0n) is 18.7. The van der Waals surface area contributed by atoms with Crippen LogP contribution >= 0.6 is 11.8 Å². The van der Waals surface area contributed by atoms with Crippen molar-refractivity contribution in [3.05, 3.63) is 0 Å². The number of hydrogen-bond acceptors (Lipinski definition) is 8. The molecule has 0 aromatic carbocycles. The Morgan fingerprint density at radius 2 is 1.50 bits per heavy atom. The van der Waals surface area contributed by atoms with E-state index in [9.17, 15) is 34.2 Å². The second-order valence-corrected chi connectivity index (χ2v) is 8.47. The first kappa shape index (κ1) is 29.6. The lowest BCUT2D eigenvalue weighted by molar-refractivity contribution is -0.144. The third kappa shape index (κ3) is 10.3. The van der Waals surface area contributed by atoms with E-state index in [4.69, 9.17) is 10.8 Å². The van der Waals surface area contributed by atoms with Gasteiger partial charge in [-0.3, -0.25) is 19.2 Å². The van der Waals surface area contributed by atoms with Crippen molar-refractivity contribution >= 4 is 41.4 Å². The van der Waals surface area contributed by atoms with Crippen LogP contribution in [0.4, 0.5) is 0 Å². The lowest BCUT2D eigenvalue weighted by atomic mass is 9.98. The molecule has 3 amide bonds. The van der Waals surface area contributed by atoms with Crippen molar-refractivity contribution in [2.75, 3.05) is 12.0 Å². The van der Waals surface area contributed by atoms with E-state index in [-0.39, 0.29) is 6.42 Å². The average Bonchev–Trinajstić information content (AvgIpc) is 2.70. The number of carbonyl (C=O) groups is 5.